The lowest BCUT2D eigenvalue weighted by molar-refractivity contribution is -0.116. The van der Waals surface area contributed by atoms with E-state index in [1.54, 1.807) is 16.8 Å². The van der Waals surface area contributed by atoms with Gasteiger partial charge >= 0.3 is 6.09 Å². The van der Waals surface area contributed by atoms with E-state index in [4.69, 9.17) is 9.47 Å². The summed E-state index contributed by atoms with van der Waals surface area (Å²) in [5, 5.41) is 6.76. The number of cyclic esters (lactones) is 1. The number of halogens is 1. The molecule has 0 spiro atoms. The van der Waals surface area contributed by atoms with Gasteiger partial charge in [-0.15, -0.1) is 0 Å². The lowest BCUT2D eigenvalue weighted by Gasteiger charge is -2.20. The molecule has 2 aromatic heterocycles. The van der Waals surface area contributed by atoms with Gasteiger partial charge in [-0.05, 0) is 37.1 Å². The van der Waals surface area contributed by atoms with Crippen LogP contribution in [-0.2, 0) is 16.1 Å². The number of methoxy groups -OCH3 is 1. The Morgan fingerprint density at radius 3 is 2.69 bits per heavy atom. The summed E-state index contributed by atoms with van der Waals surface area (Å²) >= 11 is 0. The molecule has 1 aliphatic rings. The largest absolute Gasteiger partial charge is 0.481 e. The number of hydrogen-bond donors (Lipinski definition) is 1. The van der Waals surface area contributed by atoms with Gasteiger partial charge in [0.2, 0.25) is 5.88 Å². The lowest BCUT2D eigenvalue weighted by atomic mass is 9.88. The minimum atomic E-state index is -0.798. The minimum absolute atomic E-state index is 0.0452. The van der Waals surface area contributed by atoms with Crippen LogP contribution in [0, 0.1) is 11.7 Å². The first-order valence-electron chi connectivity index (χ1n) is 10.3. The van der Waals surface area contributed by atoms with Crippen molar-refractivity contribution in [1.29, 1.82) is 0 Å². The van der Waals surface area contributed by atoms with E-state index in [0.29, 0.717) is 34.6 Å². The molecule has 1 aromatic carbocycles. The molecular formula is C23H23FN4O4. The van der Waals surface area contributed by atoms with Crippen LogP contribution in [0.25, 0.3) is 22.2 Å². The molecule has 32 heavy (non-hydrogen) atoms. The maximum absolute atomic E-state index is 14.7. The highest BCUT2D eigenvalue weighted by atomic mass is 19.1. The van der Waals surface area contributed by atoms with E-state index in [2.05, 4.69) is 15.4 Å². The average Bonchev–Trinajstić information content (AvgIpc) is 3.33. The smallest absolute Gasteiger partial charge is 0.419 e. The zero-order chi connectivity index (χ0) is 23.0. The summed E-state index contributed by atoms with van der Waals surface area (Å²) in [6.45, 7) is 6.50. The van der Waals surface area contributed by atoms with Gasteiger partial charge in [0.15, 0.2) is 5.76 Å². The summed E-state index contributed by atoms with van der Waals surface area (Å²) in [6.07, 6.45) is 2.31. The number of ether oxygens (including phenoxy) is 2. The van der Waals surface area contributed by atoms with Gasteiger partial charge in [-0.2, -0.15) is 5.10 Å². The molecule has 0 bridgehead atoms. The summed E-state index contributed by atoms with van der Waals surface area (Å²) in [5.74, 6) is -0.934. The number of nitrogens with one attached hydrogen (secondary N) is 1. The van der Waals surface area contributed by atoms with Crippen molar-refractivity contribution < 1.29 is 23.5 Å². The molecule has 0 radical (unpaired) electrons. The van der Waals surface area contributed by atoms with E-state index in [0.717, 1.165) is 5.56 Å². The molecule has 0 saturated carbocycles. The van der Waals surface area contributed by atoms with Crippen LogP contribution in [0.1, 0.15) is 32.3 Å². The molecule has 1 unspecified atom stereocenters. The number of fused-ring (bicyclic) bond motifs is 1. The molecule has 166 valence electrons. The number of carbonyl (C=O) groups excluding carboxylic acids is 2. The van der Waals surface area contributed by atoms with Crippen LogP contribution in [0.15, 0.2) is 42.3 Å². The standard InChI is InChI=1S/C23H23FN4O4/c1-5-28-19-9-13(8-17(24)16(19)11-25-28)18-7-6-14(22(26-18)31-4)15(12(2)3)10-20-21(29)27-23(30)32-20/h6-12,15H,5H2,1-4H3,(H,27,29,30). The fourth-order valence-electron chi connectivity index (χ4n) is 3.80. The SMILES string of the molecule is CCn1ncc2c(F)cc(-c3ccc(C(C=C4OC(=O)NC4=O)C(C)C)c(OC)n3)cc21. The Morgan fingerprint density at radius 2 is 2.06 bits per heavy atom. The third-order valence-corrected chi connectivity index (χ3v) is 5.44. The number of pyridine rings is 1. The fourth-order valence-corrected chi connectivity index (χ4v) is 3.80. The summed E-state index contributed by atoms with van der Waals surface area (Å²) in [6, 6.07) is 6.88. The molecule has 1 fully saturated rings. The highest BCUT2D eigenvalue weighted by Gasteiger charge is 2.29. The number of aryl methyl sites for hydroxylation is 1. The van der Waals surface area contributed by atoms with Crippen molar-refractivity contribution in [2.45, 2.75) is 33.2 Å². The van der Waals surface area contributed by atoms with Crippen LogP contribution in [0.2, 0.25) is 0 Å². The van der Waals surface area contributed by atoms with E-state index in [1.807, 2.05) is 32.9 Å². The molecule has 0 aliphatic carbocycles. The van der Waals surface area contributed by atoms with Crippen molar-refractivity contribution in [3.8, 4) is 17.1 Å². The fraction of sp³-hybridized carbons (Fsp3) is 0.304. The predicted octanol–water partition coefficient (Wildman–Crippen LogP) is 4.16. The number of nitrogens with zero attached hydrogens (tertiary/aromatic N) is 3. The number of alkyl carbamates (subject to hydrolysis) is 1. The molecule has 9 heteroatoms. The van der Waals surface area contributed by atoms with Crippen LogP contribution in [0.3, 0.4) is 0 Å². The summed E-state index contributed by atoms with van der Waals surface area (Å²) in [7, 11) is 1.50. The quantitative estimate of drug-likeness (QED) is 0.581. The lowest BCUT2D eigenvalue weighted by Crippen LogP contribution is -2.19. The summed E-state index contributed by atoms with van der Waals surface area (Å²) in [5.41, 5.74) is 2.54. The van der Waals surface area contributed by atoms with Crippen molar-refractivity contribution in [3.05, 3.63) is 53.7 Å². The Morgan fingerprint density at radius 1 is 1.28 bits per heavy atom. The number of benzene rings is 1. The van der Waals surface area contributed by atoms with E-state index in [9.17, 15) is 14.0 Å². The first-order valence-corrected chi connectivity index (χ1v) is 10.3. The maximum atomic E-state index is 14.7. The van der Waals surface area contributed by atoms with Crippen LogP contribution < -0.4 is 10.1 Å². The predicted molar refractivity (Wildman–Crippen MR) is 115 cm³/mol. The van der Waals surface area contributed by atoms with Gasteiger partial charge in [0.25, 0.3) is 5.91 Å². The van der Waals surface area contributed by atoms with E-state index in [-0.39, 0.29) is 23.4 Å². The van der Waals surface area contributed by atoms with Gasteiger partial charge in [0.1, 0.15) is 5.82 Å². The topological polar surface area (TPSA) is 95.3 Å². The molecule has 4 rings (SSSR count). The molecular weight excluding hydrogens is 415 g/mol. The van der Waals surface area contributed by atoms with Crippen molar-refractivity contribution >= 4 is 22.9 Å². The van der Waals surface area contributed by atoms with Crippen molar-refractivity contribution in [2.24, 2.45) is 5.92 Å². The number of carbonyl (C=O) groups is 2. The second-order valence-corrected chi connectivity index (χ2v) is 7.79. The molecule has 3 aromatic rings. The van der Waals surface area contributed by atoms with Crippen LogP contribution in [-0.4, -0.2) is 33.9 Å². The van der Waals surface area contributed by atoms with Crippen LogP contribution in [0.4, 0.5) is 9.18 Å². The average molecular weight is 438 g/mol. The Bertz CT molecular complexity index is 1250. The zero-order valence-electron chi connectivity index (χ0n) is 18.2. The normalized spacial score (nSPS) is 16.0. The molecule has 3 heterocycles. The first kappa shape index (κ1) is 21.5. The number of aromatic nitrogens is 3. The third-order valence-electron chi connectivity index (χ3n) is 5.44. The van der Waals surface area contributed by atoms with Gasteiger partial charge in [-0.25, -0.2) is 14.2 Å². The van der Waals surface area contributed by atoms with Gasteiger partial charge in [-0.3, -0.25) is 14.8 Å². The third kappa shape index (κ3) is 3.81. The second kappa shape index (κ2) is 8.41. The van der Waals surface area contributed by atoms with Crippen molar-refractivity contribution in [3.63, 3.8) is 0 Å². The minimum Gasteiger partial charge on any atom is -0.481 e. The highest BCUT2D eigenvalue weighted by Crippen LogP contribution is 2.36. The van der Waals surface area contributed by atoms with E-state index in [1.165, 1.54) is 19.4 Å². The Labute approximate surface area is 184 Å². The van der Waals surface area contributed by atoms with Crippen molar-refractivity contribution in [1.82, 2.24) is 20.1 Å². The molecule has 2 amide bonds. The van der Waals surface area contributed by atoms with E-state index >= 15 is 0 Å². The van der Waals surface area contributed by atoms with Gasteiger partial charge in [0.05, 0.1) is 29.9 Å². The first-order chi connectivity index (χ1) is 15.3. The zero-order valence-corrected chi connectivity index (χ0v) is 18.2. The molecule has 1 N–H and O–H groups in total. The van der Waals surface area contributed by atoms with Crippen LogP contribution in [0.5, 0.6) is 5.88 Å². The molecule has 8 nitrogen and oxygen atoms in total. The Kier molecular flexibility index (Phi) is 5.65. The number of amides is 2. The van der Waals surface area contributed by atoms with Gasteiger partial charge < -0.3 is 9.47 Å². The number of allylic oxidation sites excluding steroid dienone is 1. The molecule has 1 saturated heterocycles. The van der Waals surface area contributed by atoms with Gasteiger partial charge in [-0.1, -0.05) is 19.9 Å². The number of imide groups is 1. The monoisotopic (exact) mass is 438 g/mol. The maximum Gasteiger partial charge on any atom is 0.419 e. The van der Waals surface area contributed by atoms with Gasteiger partial charge in [0, 0.05) is 23.6 Å². The number of hydrogen-bond acceptors (Lipinski definition) is 6. The van der Waals surface area contributed by atoms with Crippen LogP contribution >= 0.6 is 0 Å². The summed E-state index contributed by atoms with van der Waals surface area (Å²) in [4.78, 5) is 27.9. The van der Waals surface area contributed by atoms with Crippen molar-refractivity contribution in [2.75, 3.05) is 7.11 Å². The highest BCUT2D eigenvalue weighted by molar-refractivity contribution is 6.07. The molecule has 1 atom stereocenters. The molecule has 1 aliphatic heterocycles. The Hall–Kier alpha value is -3.75. The summed E-state index contributed by atoms with van der Waals surface area (Å²) < 4.78 is 26.9. The number of rotatable bonds is 6. The Balaban J connectivity index is 1.77. The second-order valence-electron chi connectivity index (χ2n) is 7.79. The van der Waals surface area contributed by atoms with E-state index < -0.39 is 12.0 Å².